The molecule has 1 heterocycles. The number of hydrogen-bond acceptors (Lipinski definition) is 2. The second kappa shape index (κ2) is 12.1. The van der Waals surface area contributed by atoms with Crippen molar-refractivity contribution in [3.8, 4) is 0 Å². The smallest absolute Gasteiger partial charge is 0.137 e. The molecule has 0 saturated carbocycles. The highest BCUT2D eigenvalue weighted by atomic mass is 16.3. The third kappa shape index (κ3) is 4.96. The van der Waals surface area contributed by atoms with E-state index in [9.17, 15) is 0 Å². The number of anilines is 3. The molecule has 0 fully saturated rings. The van der Waals surface area contributed by atoms with Gasteiger partial charge >= 0.3 is 0 Å². The number of furan rings is 1. The van der Waals surface area contributed by atoms with Gasteiger partial charge in [-0.1, -0.05) is 152 Å². The summed E-state index contributed by atoms with van der Waals surface area (Å²) >= 11 is 0. The molecule has 0 atom stereocenters. The van der Waals surface area contributed by atoms with Crippen molar-refractivity contribution in [2.75, 3.05) is 4.90 Å². The zero-order valence-corrected chi connectivity index (χ0v) is 25.3. The van der Waals surface area contributed by atoms with Crippen LogP contribution in [0.5, 0.6) is 0 Å². The quantitative estimate of drug-likeness (QED) is 0.172. The van der Waals surface area contributed by atoms with Gasteiger partial charge in [0.2, 0.25) is 0 Å². The molecule has 0 saturated heterocycles. The van der Waals surface area contributed by atoms with E-state index in [1.54, 1.807) is 0 Å². The fourth-order valence-electron chi connectivity index (χ4n) is 6.51. The standard InChI is InChI=1S/C44H31NO/c1-5-18-32(19-6-1)42(33-20-7-2-8-21-33)43(34-22-9-3-10-23-34)36-26-13-15-28-38(36)45(35-24-11-4-12-25-35)39-29-17-31-41-44(39)37-27-14-16-30-40(37)46-41/h1-31H. The Hall–Kier alpha value is -6.12. The van der Waals surface area contributed by atoms with Gasteiger partial charge in [0.25, 0.3) is 0 Å². The maximum atomic E-state index is 6.38. The third-order valence-corrected chi connectivity index (χ3v) is 8.49. The zero-order valence-electron chi connectivity index (χ0n) is 25.3. The van der Waals surface area contributed by atoms with Crippen LogP contribution < -0.4 is 4.90 Å². The Morgan fingerprint density at radius 2 is 0.848 bits per heavy atom. The van der Waals surface area contributed by atoms with Crippen molar-refractivity contribution in [2.45, 2.75) is 0 Å². The van der Waals surface area contributed by atoms with Crippen LogP contribution in [0, 0.1) is 0 Å². The van der Waals surface area contributed by atoms with Gasteiger partial charge in [-0.05, 0) is 64.2 Å². The molecule has 7 aromatic carbocycles. The molecule has 1 aromatic heterocycles. The molecule has 0 aliphatic carbocycles. The van der Waals surface area contributed by atoms with Gasteiger partial charge < -0.3 is 9.32 Å². The SMILES string of the molecule is c1ccc(C(=C(c2ccccc2)c2ccccc2N(c2ccccc2)c2cccc3oc4ccccc4c23)c2ccccc2)cc1. The summed E-state index contributed by atoms with van der Waals surface area (Å²) in [7, 11) is 0. The van der Waals surface area contributed by atoms with E-state index in [-0.39, 0.29) is 0 Å². The number of rotatable bonds is 7. The monoisotopic (exact) mass is 589 g/mol. The van der Waals surface area contributed by atoms with E-state index in [1.807, 2.05) is 12.1 Å². The van der Waals surface area contributed by atoms with E-state index >= 15 is 0 Å². The van der Waals surface area contributed by atoms with Crippen molar-refractivity contribution in [3.05, 3.63) is 210 Å². The molecule has 0 aliphatic heterocycles. The number of nitrogens with zero attached hydrogens (tertiary/aromatic N) is 1. The number of hydrogen-bond donors (Lipinski definition) is 0. The third-order valence-electron chi connectivity index (χ3n) is 8.49. The lowest BCUT2D eigenvalue weighted by Gasteiger charge is -2.30. The van der Waals surface area contributed by atoms with Crippen molar-refractivity contribution in [2.24, 2.45) is 0 Å². The van der Waals surface area contributed by atoms with E-state index in [2.05, 4.69) is 181 Å². The van der Waals surface area contributed by atoms with Gasteiger partial charge in [-0.25, -0.2) is 0 Å². The van der Waals surface area contributed by atoms with Crippen LogP contribution in [0.2, 0.25) is 0 Å². The Kier molecular flexibility index (Phi) is 7.22. The van der Waals surface area contributed by atoms with Gasteiger partial charge in [0, 0.05) is 16.6 Å². The minimum atomic E-state index is 0.866. The van der Waals surface area contributed by atoms with Crippen molar-refractivity contribution in [1.82, 2.24) is 0 Å². The number of para-hydroxylation sites is 3. The number of benzene rings is 7. The molecular weight excluding hydrogens is 558 g/mol. The molecule has 0 radical (unpaired) electrons. The molecule has 0 unspecified atom stereocenters. The van der Waals surface area contributed by atoms with Gasteiger partial charge in [-0.3, -0.25) is 0 Å². The first kappa shape index (κ1) is 27.4. The molecule has 0 N–H and O–H groups in total. The molecule has 218 valence electrons. The van der Waals surface area contributed by atoms with E-state index in [0.29, 0.717) is 0 Å². The summed E-state index contributed by atoms with van der Waals surface area (Å²) in [6.45, 7) is 0. The van der Waals surface area contributed by atoms with Gasteiger partial charge in [0.15, 0.2) is 0 Å². The molecule has 0 bridgehead atoms. The molecule has 2 nitrogen and oxygen atoms in total. The highest BCUT2D eigenvalue weighted by Crippen LogP contribution is 2.47. The molecule has 8 rings (SSSR count). The van der Waals surface area contributed by atoms with Gasteiger partial charge in [-0.2, -0.15) is 0 Å². The van der Waals surface area contributed by atoms with Crippen LogP contribution in [0.3, 0.4) is 0 Å². The fraction of sp³-hybridized carbons (Fsp3) is 0. The van der Waals surface area contributed by atoms with Crippen molar-refractivity contribution >= 4 is 50.1 Å². The van der Waals surface area contributed by atoms with Crippen LogP contribution in [-0.2, 0) is 0 Å². The normalized spacial score (nSPS) is 11.0. The summed E-state index contributed by atoms with van der Waals surface area (Å²) < 4.78 is 6.38. The molecule has 0 amide bonds. The number of fused-ring (bicyclic) bond motifs is 3. The Balaban J connectivity index is 1.49. The lowest BCUT2D eigenvalue weighted by Crippen LogP contribution is -2.13. The van der Waals surface area contributed by atoms with Crippen LogP contribution in [0.4, 0.5) is 17.1 Å². The van der Waals surface area contributed by atoms with Crippen LogP contribution in [0.25, 0.3) is 33.1 Å². The van der Waals surface area contributed by atoms with Crippen LogP contribution in [-0.4, -0.2) is 0 Å². The van der Waals surface area contributed by atoms with E-state index in [1.165, 1.54) is 11.1 Å². The first-order valence-electron chi connectivity index (χ1n) is 15.6. The molecule has 46 heavy (non-hydrogen) atoms. The van der Waals surface area contributed by atoms with Crippen molar-refractivity contribution in [3.63, 3.8) is 0 Å². The van der Waals surface area contributed by atoms with Gasteiger partial charge in [0.1, 0.15) is 11.2 Å². The average Bonchev–Trinajstić information content (AvgIpc) is 3.52. The summed E-state index contributed by atoms with van der Waals surface area (Å²) in [6, 6.07) is 66.3. The summed E-state index contributed by atoms with van der Waals surface area (Å²) in [5.41, 5.74) is 11.9. The fourth-order valence-corrected chi connectivity index (χ4v) is 6.51. The molecule has 0 spiro atoms. The zero-order chi connectivity index (χ0) is 30.7. The van der Waals surface area contributed by atoms with Crippen molar-refractivity contribution < 1.29 is 4.42 Å². The predicted molar refractivity (Wildman–Crippen MR) is 193 cm³/mol. The summed E-state index contributed by atoms with van der Waals surface area (Å²) in [6.07, 6.45) is 0. The second-order valence-corrected chi connectivity index (χ2v) is 11.3. The first-order valence-corrected chi connectivity index (χ1v) is 15.6. The lowest BCUT2D eigenvalue weighted by molar-refractivity contribution is 0.669. The molecule has 8 aromatic rings. The predicted octanol–water partition coefficient (Wildman–Crippen LogP) is 12.1. The Labute approximate surface area is 269 Å². The van der Waals surface area contributed by atoms with Crippen molar-refractivity contribution in [1.29, 1.82) is 0 Å². The van der Waals surface area contributed by atoms with E-state index in [4.69, 9.17) is 4.42 Å². The minimum absolute atomic E-state index is 0.866. The van der Waals surface area contributed by atoms with Gasteiger partial charge in [-0.15, -0.1) is 0 Å². The highest BCUT2D eigenvalue weighted by molar-refractivity contribution is 6.14. The highest BCUT2D eigenvalue weighted by Gasteiger charge is 2.24. The maximum Gasteiger partial charge on any atom is 0.137 e. The van der Waals surface area contributed by atoms with Crippen LogP contribution in [0.15, 0.2) is 192 Å². The summed E-state index contributed by atoms with van der Waals surface area (Å²) in [5, 5.41) is 2.19. The minimum Gasteiger partial charge on any atom is -0.456 e. The van der Waals surface area contributed by atoms with Gasteiger partial charge in [0.05, 0.1) is 16.8 Å². The van der Waals surface area contributed by atoms with E-state index < -0.39 is 0 Å². The summed E-state index contributed by atoms with van der Waals surface area (Å²) in [5.74, 6) is 0. The second-order valence-electron chi connectivity index (χ2n) is 11.3. The van der Waals surface area contributed by atoms with E-state index in [0.717, 1.165) is 61.3 Å². The van der Waals surface area contributed by atoms with Crippen LogP contribution in [0.1, 0.15) is 22.3 Å². The molecular formula is C44H31NO. The Morgan fingerprint density at radius 3 is 1.50 bits per heavy atom. The Bertz CT molecular complexity index is 2240. The topological polar surface area (TPSA) is 16.4 Å². The molecule has 2 heteroatoms. The first-order chi connectivity index (χ1) is 22.9. The Morgan fingerprint density at radius 1 is 0.370 bits per heavy atom. The maximum absolute atomic E-state index is 6.38. The summed E-state index contributed by atoms with van der Waals surface area (Å²) in [4.78, 5) is 2.39. The molecule has 0 aliphatic rings. The lowest BCUT2D eigenvalue weighted by atomic mass is 9.85. The average molecular weight is 590 g/mol. The largest absolute Gasteiger partial charge is 0.456 e. The van der Waals surface area contributed by atoms with Crippen LogP contribution >= 0.6 is 0 Å².